The van der Waals surface area contributed by atoms with E-state index in [0.717, 1.165) is 23.5 Å². The topological polar surface area (TPSA) is 96.7 Å². The summed E-state index contributed by atoms with van der Waals surface area (Å²) >= 11 is 0. The third-order valence-electron chi connectivity index (χ3n) is 6.57. The van der Waals surface area contributed by atoms with Crippen molar-refractivity contribution in [1.82, 2.24) is 35.1 Å². The molecule has 0 radical (unpaired) electrons. The highest BCUT2D eigenvalue weighted by Gasteiger charge is 2.32. The molecule has 2 aliphatic heterocycles. The van der Waals surface area contributed by atoms with Crippen molar-refractivity contribution in [3.63, 3.8) is 0 Å². The van der Waals surface area contributed by atoms with Crippen molar-refractivity contribution in [2.45, 2.75) is 45.1 Å². The Labute approximate surface area is 186 Å². The van der Waals surface area contributed by atoms with Gasteiger partial charge in [0.25, 0.3) is 0 Å². The van der Waals surface area contributed by atoms with Gasteiger partial charge in [-0.1, -0.05) is 12.5 Å². The van der Waals surface area contributed by atoms with Crippen molar-refractivity contribution in [3.05, 3.63) is 42.1 Å². The molecule has 1 aromatic carbocycles. The van der Waals surface area contributed by atoms with Crippen LogP contribution in [0.1, 0.15) is 37.7 Å². The van der Waals surface area contributed by atoms with Gasteiger partial charge in [0, 0.05) is 18.3 Å². The minimum absolute atomic E-state index is 0.239. The first-order chi connectivity index (χ1) is 15.7. The quantitative estimate of drug-likeness (QED) is 0.606. The molecule has 0 bridgehead atoms. The van der Waals surface area contributed by atoms with Gasteiger partial charge in [0.1, 0.15) is 6.33 Å². The number of nitrogens with zero attached hydrogens (tertiary/aromatic N) is 7. The van der Waals surface area contributed by atoms with Crippen LogP contribution in [0.4, 0.5) is 21.8 Å². The van der Waals surface area contributed by atoms with Gasteiger partial charge in [-0.05, 0) is 79.7 Å². The van der Waals surface area contributed by atoms with Crippen molar-refractivity contribution in [3.8, 4) is 5.69 Å². The Morgan fingerprint density at radius 1 is 1.16 bits per heavy atom. The number of anilines is 3. The molecule has 2 N–H and O–H groups in total. The van der Waals surface area contributed by atoms with Gasteiger partial charge in [-0.25, -0.2) is 14.1 Å². The van der Waals surface area contributed by atoms with Crippen LogP contribution >= 0.6 is 0 Å². The fourth-order valence-electron chi connectivity index (χ4n) is 4.93. The number of halogens is 1. The summed E-state index contributed by atoms with van der Waals surface area (Å²) in [7, 11) is 0. The molecule has 0 aliphatic carbocycles. The summed E-state index contributed by atoms with van der Waals surface area (Å²) in [6.07, 6.45) is 8.96. The van der Waals surface area contributed by atoms with Gasteiger partial charge < -0.3 is 15.5 Å². The molecule has 2 saturated heterocycles. The lowest BCUT2D eigenvalue weighted by molar-refractivity contribution is 0.0648. The van der Waals surface area contributed by atoms with Crippen molar-refractivity contribution >= 4 is 17.5 Å². The van der Waals surface area contributed by atoms with Crippen LogP contribution in [0, 0.1) is 18.7 Å². The van der Waals surface area contributed by atoms with Crippen LogP contribution in [0.3, 0.4) is 0 Å². The zero-order valence-electron chi connectivity index (χ0n) is 18.2. The molecular weight excluding hydrogens is 409 g/mol. The molecular formula is C22H28FN9. The Hall–Kier alpha value is -3.14. The lowest BCUT2D eigenvalue weighted by Gasteiger charge is -2.44. The molecule has 2 aromatic heterocycles. The van der Waals surface area contributed by atoms with E-state index in [0.29, 0.717) is 17.9 Å². The van der Waals surface area contributed by atoms with Crippen LogP contribution < -0.4 is 10.6 Å². The average Bonchev–Trinajstić information content (AvgIpc) is 3.35. The van der Waals surface area contributed by atoms with Gasteiger partial charge in [-0.15, -0.1) is 5.10 Å². The zero-order chi connectivity index (χ0) is 21.9. The van der Waals surface area contributed by atoms with Gasteiger partial charge in [-0.2, -0.15) is 4.98 Å². The number of hydrogen-bond donors (Lipinski definition) is 2. The number of benzene rings is 1. The summed E-state index contributed by atoms with van der Waals surface area (Å²) in [5.41, 5.74) is 2.63. The number of rotatable bonds is 6. The van der Waals surface area contributed by atoms with Crippen molar-refractivity contribution in [2.75, 3.05) is 30.3 Å². The summed E-state index contributed by atoms with van der Waals surface area (Å²) in [4.78, 5) is 11.1. The summed E-state index contributed by atoms with van der Waals surface area (Å²) in [6, 6.07) is 6.39. The van der Waals surface area contributed by atoms with E-state index in [1.54, 1.807) is 11.0 Å². The second kappa shape index (κ2) is 9.15. The fourth-order valence-corrected chi connectivity index (χ4v) is 4.93. The molecule has 0 amide bonds. The number of nitrogens with one attached hydrogen (secondary N) is 2. The molecule has 5 rings (SSSR count). The van der Waals surface area contributed by atoms with E-state index < -0.39 is 5.82 Å². The lowest BCUT2D eigenvalue weighted by atomic mass is 9.83. The normalized spacial score (nSPS) is 21.2. The molecule has 0 unspecified atom stereocenters. The minimum Gasteiger partial charge on any atom is -0.367 e. The predicted octanol–water partition coefficient (Wildman–Crippen LogP) is 3.32. The van der Waals surface area contributed by atoms with E-state index in [1.165, 1.54) is 51.4 Å². The number of aromatic nitrogens is 6. The molecule has 9 nitrogen and oxygen atoms in total. The van der Waals surface area contributed by atoms with E-state index in [-0.39, 0.29) is 5.82 Å². The molecule has 32 heavy (non-hydrogen) atoms. The molecule has 4 heterocycles. The fraction of sp³-hybridized carbons (Fsp3) is 0.500. The highest BCUT2D eigenvalue weighted by Crippen LogP contribution is 2.31. The maximum atomic E-state index is 14.4. The summed E-state index contributed by atoms with van der Waals surface area (Å²) in [5, 5.41) is 17.8. The van der Waals surface area contributed by atoms with Crippen LogP contribution in [0.2, 0.25) is 0 Å². The molecule has 0 saturated carbocycles. The van der Waals surface area contributed by atoms with E-state index in [1.807, 2.05) is 25.1 Å². The van der Waals surface area contributed by atoms with Crippen LogP contribution in [-0.4, -0.2) is 60.8 Å². The Bertz CT molecular complexity index is 1050. The van der Waals surface area contributed by atoms with Crippen LogP contribution in [0.5, 0.6) is 0 Å². The molecule has 168 valence electrons. The van der Waals surface area contributed by atoms with Crippen molar-refractivity contribution < 1.29 is 4.39 Å². The minimum atomic E-state index is -0.440. The third kappa shape index (κ3) is 4.40. The Morgan fingerprint density at radius 2 is 2.06 bits per heavy atom. The molecule has 3 aromatic rings. The Morgan fingerprint density at radius 3 is 2.94 bits per heavy atom. The van der Waals surface area contributed by atoms with Gasteiger partial charge in [0.2, 0.25) is 5.95 Å². The molecule has 0 spiro atoms. The molecule has 2 atom stereocenters. The smallest absolute Gasteiger partial charge is 0.229 e. The van der Waals surface area contributed by atoms with E-state index in [4.69, 9.17) is 0 Å². The second-order valence-corrected chi connectivity index (χ2v) is 8.65. The van der Waals surface area contributed by atoms with E-state index >= 15 is 0 Å². The molecule has 2 fully saturated rings. The summed E-state index contributed by atoms with van der Waals surface area (Å²) < 4.78 is 16.0. The third-order valence-corrected chi connectivity index (χ3v) is 6.57. The number of fused-ring (bicyclic) bond motifs is 1. The number of hydrogen-bond acceptors (Lipinski definition) is 8. The molecule has 10 heteroatoms. The van der Waals surface area contributed by atoms with Gasteiger partial charge in [0.15, 0.2) is 11.6 Å². The summed E-state index contributed by atoms with van der Waals surface area (Å²) in [6.45, 7) is 5.10. The van der Waals surface area contributed by atoms with Crippen LogP contribution in [0.15, 0.2) is 30.7 Å². The standard InChI is InChI=1S/C22H28FN9/c1-15-7-8-17(11-20(15)32-14-26-29-30-32)27-22-25-13-18(23)21(28-22)24-12-16-5-4-10-31-9-3-2-6-19(16)31/h7-8,11,13-14,16,19H,2-6,9-10,12H2,1H3,(H2,24,25,27,28)/t16-,19+/m0/s1. The predicted molar refractivity (Wildman–Crippen MR) is 120 cm³/mol. The monoisotopic (exact) mass is 437 g/mol. The average molecular weight is 438 g/mol. The first kappa shape index (κ1) is 20.7. The zero-order valence-corrected chi connectivity index (χ0v) is 18.2. The Kier molecular flexibility index (Phi) is 5.93. The van der Waals surface area contributed by atoms with Gasteiger partial charge in [-0.3, -0.25) is 0 Å². The van der Waals surface area contributed by atoms with Crippen molar-refractivity contribution in [1.29, 1.82) is 0 Å². The highest BCUT2D eigenvalue weighted by molar-refractivity contribution is 5.60. The Balaban J connectivity index is 1.28. The molecule has 2 aliphatic rings. The van der Waals surface area contributed by atoms with Gasteiger partial charge >= 0.3 is 0 Å². The largest absolute Gasteiger partial charge is 0.367 e. The highest BCUT2D eigenvalue weighted by atomic mass is 19.1. The van der Waals surface area contributed by atoms with Crippen LogP contribution in [-0.2, 0) is 0 Å². The van der Waals surface area contributed by atoms with Crippen molar-refractivity contribution in [2.24, 2.45) is 5.92 Å². The maximum Gasteiger partial charge on any atom is 0.229 e. The van der Waals surface area contributed by atoms with E-state index in [9.17, 15) is 4.39 Å². The first-order valence-electron chi connectivity index (χ1n) is 11.3. The maximum absolute atomic E-state index is 14.4. The number of tetrazole rings is 1. The number of piperidine rings is 2. The first-order valence-corrected chi connectivity index (χ1v) is 11.3. The van der Waals surface area contributed by atoms with Crippen LogP contribution in [0.25, 0.3) is 5.69 Å². The van der Waals surface area contributed by atoms with E-state index in [2.05, 4.69) is 41.0 Å². The number of aryl methyl sites for hydroxylation is 1. The lowest BCUT2D eigenvalue weighted by Crippen LogP contribution is -2.49. The summed E-state index contributed by atoms with van der Waals surface area (Å²) in [5.74, 6) is 0.655. The SMILES string of the molecule is Cc1ccc(Nc2ncc(F)c(NC[C@@H]3CCCN4CCCC[C@H]34)n2)cc1-n1cnnn1. The second-order valence-electron chi connectivity index (χ2n) is 8.65. The van der Waals surface area contributed by atoms with Gasteiger partial charge in [0.05, 0.1) is 11.9 Å².